The van der Waals surface area contributed by atoms with Crippen molar-refractivity contribution in [2.24, 2.45) is 0 Å². The molecule has 0 aliphatic carbocycles. The fourth-order valence-corrected chi connectivity index (χ4v) is 2.18. The van der Waals surface area contributed by atoms with Gasteiger partial charge in [0.1, 0.15) is 0 Å². The highest BCUT2D eigenvalue weighted by molar-refractivity contribution is 6.31. The van der Waals surface area contributed by atoms with Crippen LogP contribution < -0.4 is 5.32 Å². The first-order valence-electron chi connectivity index (χ1n) is 6.97. The molecule has 1 aromatic rings. The van der Waals surface area contributed by atoms with E-state index in [1.165, 1.54) is 0 Å². The number of methoxy groups -OCH3 is 1. The fourth-order valence-electron chi connectivity index (χ4n) is 1.92. The van der Waals surface area contributed by atoms with Crippen molar-refractivity contribution in [2.45, 2.75) is 45.4 Å². The maximum absolute atomic E-state index is 6.29. The molecule has 0 fully saturated rings. The predicted molar refractivity (Wildman–Crippen MR) is 84.4 cm³/mol. The van der Waals surface area contributed by atoms with E-state index in [2.05, 4.69) is 26.1 Å². The minimum absolute atomic E-state index is 0.0167. The molecule has 1 rings (SSSR count). The molecule has 2 unspecified atom stereocenters. The lowest BCUT2D eigenvalue weighted by atomic mass is 10.1. The zero-order valence-electron chi connectivity index (χ0n) is 13.1. The number of halogens is 1. The Morgan fingerprint density at radius 2 is 1.90 bits per heavy atom. The van der Waals surface area contributed by atoms with Gasteiger partial charge in [-0.2, -0.15) is 0 Å². The van der Waals surface area contributed by atoms with Crippen LogP contribution >= 0.6 is 11.6 Å². The molecule has 0 saturated heterocycles. The number of hydrogen-bond acceptors (Lipinski definition) is 3. The highest BCUT2D eigenvalue weighted by Crippen LogP contribution is 2.26. The van der Waals surface area contributed by atoms with Gasteiger partial charge in [0, 0.05) is 29.8 Å². The van der Waals surface area contributed by atoms with Crippen LogP contribution in [0.3, 0.4) is 0 Å². The standard InChI is InChI=1S/C16H26ClNO2/c1-12(11-19-5)20-15(10-18-16(2,3)4)13-8-6-7-9-14(13)17/h6-9,12,15,18H,10-11H2,1-5H3. The summed E-state index contributed by atoms with van der Waals surface area (Å²) in [5.41, 5.74) is 1.04. The van der Waals surface area contributed by atoms with Crippen molar-refractivity contribution in [3.63, 3.8) is 0 Å². The van der Waals surface area contributed by atoms with Crippen molar-refractivity contribution in [3.8, 4) is 0 Å². The first-order valence-corrected chi connectivity index (χ1v) is 7.35. The van der Waals surface area contributed by atoms with Gasteiger partial charge in [-0.1, -0.05) is 29.8 Å². The van der Waals surface area contributed by atoms with E-state index in [1.807, 2.05) is 31.2 Å². The Kier molecular flexibility index (Phi) is 6.96. The van der Waals surface area contributed by atoms with Crippen LogP contribution in [0.4, 0.5) is 0 Å². The summed E-state index contributed by atoms with van der Waals surface area (Å²) in [4.78, 5) is 0. The minimum atomic E-state index is -0.0897. The van der Waals surface area contributed by atoms with Gasteiger partial charge in [0.25, 0.3) is 0 Å². The molecule has 0 aliphatic heterocycles. The van der Waals surface area contributed by atoms with Crippen LogP contribution in [0.5, 0.6) is 0 Å². The minimum Gasteiger partial charge on any atom is -0.382 e. The second-order valence-electron chi connectivity index (χ2n) is 6.04. The first kappa shape index (κ1) is 17.4. The summed E-state index contributed by atoms with van der Waals surface area (Å²) in [6, 6.07) is 7.82. The van der Waals surface area contributed by atoms with E-state index in [-0.39, 0.29) is 17.7 Å². The van der Waals surface area contributed by atoms with E-state index >= 15 is 0 Å². The molecule has 0 aromatic heterocycles. The molecule has 1 N–H and O–H groups in total. The molecule has 0 amide bonds. The topological polar surface area (TPSA) is 30.5 Å². The number of benzene rings is 1. The third-order valence-corrected chi connectivity index (χ3v) is 3.21. The van der Waals surface area contributed by atoms with Gasteiger partial charge in [-0.15, -0.1) is 0 Å². The molecule has 0 heterocycles. The van der Waals surface area contributed by atoms with Gasteiger partial charge in [-0.05, 0) is 33.8 Å². The summed E-state index contributed by atoms with van der Waals surface area (Å²) in [7, 11) is 1.68. The van der Waals surface area contributed by atoms with Crippen molar-refractivity contribution in [1.29, 1.82) is 0 Å². The molecule has 2 atom stereocenters. The lowest BCUT2D eigenvalue weighted by Gasteiger charge is -2.28. The second kappa shape index (κ2) is 7.99. The van der Waals surface area contributed by atoms with Crippen molar-refractivity contribution in [3.05, 3.63) is 34.9 Å². The van der Waals surface area contributed by atoms with E-state index in [1.54, 1.807) is 7.11 Å². The molecule has 4 heteroatoms. The molecular formula is C16H26ClNO2. The third kappa shape index (κ3) is 6.23. The quantitative estimate of drug-likeness (QED) is 0.830. The zero-order valence-corrected chi connectivity index (χ0v) is 13.8. The van der Waals surface area contributed by atoms with Crippen LogP contribution in [0.2, 0.25) is 5.02 Å². The van der Waals surface area contributed by atoms with Gasteiger partial charge in [0.2, 0.25) is 0 Å². The number of nitrogens with one attached hydrogen (secondary N) is 1. The summed E-state index contributed by atoms with van der Waals surface area (Å²) in [5.74, 6) is 0. The molecular weight excluding hydrogens is 274 g/mol. The molecule has 1 aromatic carbocycles. The SMILES string of the molecule is COCC(C)OC(CNC(C)(C)C)c1ccccc1Cl. The Labute approximate surface area is 127 Å². The van der Waals surface area contributed by atoms with Crippen LogP contribution in [0.15, 0.2) is 24.3 Å². The Hall–Kier alpha value is -0.610. The van der Waals surface area contributed by atoms with Crippen LogP contribution in [0.1, 0.15) is 39.4 Å². The highest BCUT2D eigenvalue weighted by atomic mass is 35.5. The molecule has 0 radical (unpaired) electrons. The Bertz CT molecular complexity index is 404. The summed E-state index contributed by atoms with van der Waals surface area (Å²) in [6.07, 6.45) is -0.0730. The summed E-state index contributed by atoms with van der Waals surface area (Å²) < 4.78 is 11.2. The Morgan fingerprint density at radius 3 is 2.45 bits per heavy atom. The maximum Gasteiger partial charge on any atom is 0.0968 e. The average Bonchev–Trinajstić information content (AvgIpc) is 2.34. The molecule has 3 nitrogen and oxygen atoms in total. The van der Waals surface area contributed by atoms with Gasteiger partial charge >= 0.3 is 0 Å². The predicted octanol–water partition coefficient (Wildman–Crippen LogP) is 3.82. The monoisotopic (exact) mass is 299 g/mol. The average molecular weight is 300 g/mol. The lowest BCUT2D eigenvalue weighted by molar-refractivity contribution is -0.0411. The first-order chi connectivity index (χ1) is 9.33. The number of ether oxygens (including phenoxy) is 2. The number of rotatable bonds is 7. The van der Waals surface area contributed by atoms with E-state index in [4.69, 9.17) is 21.1 Å². The van der Waals surface area contributed by atoms with Gasteiger partial charge in [-0.25, -0.2) is 0 Å². The third-order valence-electron chi connectivity index (χ3n) is 2.87. The lowest BCUT2D eigenvalue weighted by Crippen LogP contribution is -2.40. The second-order valence-corrected chi connectivity index (χ2v) is 6.45. The highest BCUT2D eigenvalue weighted by Gasteiger charge is 2.20. The molecule has 0 saturated carbocycles. The molecule has 114 valence electrons. The van der Waals surface area contributed by atoms with Crippen molar-refractivity contribution in [2.75, 3.05) is 20.3 Å². The van der Waals surface area contributed by atoms with Crippen LogP contribution in [0.25, 0.3) is 0 Å². The van der Waals surface area contributed by atoms with Gasteiger partial charge < -0.3 is 14.8 Å². The summed E-state index contributed by atoms with van der Waals surface area (Å²) in [6.45, 7) is 9.68. The maximum atomic E-state index is 6.29. The van der Waals surface area contributed by atoms with Gasteiger partial charge in [0.05, 0.1) is 18.8 Å². The molecule has 0 aliphatic rings. The van der Waals surface area contributed by atoms with Gasteiger partial charge in [-0.3, -0.25) is 0 Å². The van der Waals surface area contributed by atoms with Crippen molar-refractivity contribution < 1.29 is 9.47 Å². The smallest absolute Gasteiger partial charge is 0.0968 e. The van der Waals surface area contributed by atoms with E-state index < -0.39 is 0 Å². The largest absolute Gasteiger partial charge is 0.382 e. The van der Waals surface area contributed by atoms with Crippen molar-refractivity contribution >= 4 is 11.6 Å². The Morgan fingerprint density at radius 1 is 1.25 bits per heavy atom. The van der Waals surface area contributed by atoms with Crippen LogP contribution in [-0.2, 0) is 9.47 Å². The normalized spacial score (nSPS) is 15.1. The number of hydrogen-bond donors (Lipinski definition) is 1. The van der Waals surface area contributed by atoms with Crippen LogP contribution in [0, 0.1) is 0 Å². The zero-order chi connectivity index (χ0) is 15.2. The molecule has 20 heavy (non-hydrogen) atoms. The summed E-state index contributed by atoms with van der Waals surface area (Å²) in [5, 5.41) is 4.20. The van der Waals surface area contributed by atoms with E-state index in [0.717, 1.165) is 10.6 Å². The van der Waals surface area contributed by atoms with Gasteiger partial charge in [0.15, 0.2) is 0 Å². The van der Waals surface area contributed by atoms with E-state index in [0.29, 0.717) is 13.2 Å². The molecule has 0 spiro atoms. The Balaban J connectivity index is 2.81. The van der Waals surface area contributed by atoms with E-state index in [9.17, 15) is 0 Å². The van der Waals surface area contributed by atoms with Crippen molar-refractivity contribution in [1.82, 2.24) is 5.32 Å². The summed E-state index contributed by atoms with van der Waals surface area (Å²) >= 11 is 6.29. The van der Waals surface area contributed by atoms with Crippen LogP contribution in [-0.4, -0.2) is 31.9 Å². The molecule has 0 bridgehead atoms. The fraction of sp³-hybridized carbons (Fsp3) is 0.625.